The van der Waals surface area contributed by atoms with Crippen LogP contribution >= 0.6 is 27.3 Å². The van der Waals surface area contributed by atoms with Gasteiger partial charge in [0.05, 0.1) is 9.47 Å². The molecule has 0 aliphatic carbocycles. The molecule has 0 unspecified atom stereocenters. The minimum Gasteiger partial charge on any atom is -0.267 e. The summed E-state index contributed by atoms with van der Waals surface area (Å²) in [4.78, 5) is 25.1. The second kappa shape index (κ2) is 5.22. The van der Waals surface area contributed by atoms with Crippen molar-refractivity contribution in [2.75, 3.05) is 5.01 Å². The van der Waals surface area contributed by atoms with E-state index in [1.165, 1.54) is 16.3 Å². The van der Waals surface area contributed by atoms with Crippen molar-refractivity contribution in [3.63, 3.8) is 0 Å². The number of benzene rings is 1. The second-order valence-electron chi connectivity index (χ2n) is 4.12. The van der Waals surface area contributed by atoms with Crippen molar-refractivity contribution in [3.05, 3.63) is 56.7 Å². The predicted octanol–water partition coefficient (Wildman–Crippen LogP) is 2.97. The number of carbonyl (C=O) groups is 2. The van der Waals surface area contributed by atoms with Gasteiger partial charge in [0.25, 0.3) is 11.8 Å². The van der Waals surface area contributed by atoms with Crippen LogP contribution in [0.2, 0.25) is 0 Å². The lowest BCUT2D eigenvalue weighted by Gasteiger charge is -2.13. The van der Waals surface area contributed by atoms with Gasteiger partial charge in [0, 0.05) is 4.88 Å². The molecule has 2 aromatic rings. The Kier molecular flexibility index (Phi) is 3.42. The van der Waals surface area contributed by atoms with Crippen LogP contribution in [0.5, 0.6) is 0 Å². The number of anilines is 1. The van der Waals surface area contributed by atoms with Crippen molar-refractivity contribution >= 4 is 50.8 Å². The summed E-state index contributed by atoms with van der Waals surface area (Å²) in [6.07, 6.45) is 1.61. The van der Waals surface area contributed by atoms with E-state index >= 15 is 0 Å². The largest absolute Gasteiger partial charge is 0.282 e. The Balaban J connectivity index is 1.93. The molecule has 1 saturated heterocycles. The third-order valence-corrected chi connectivity index (χ3v) is 4.36. The van der Waals surface area contributed by atoms with E-state index in [0.717, 1.165) is 8.66 Å². The number of hydrazine groups is 1. The maximum Gasteiger partial charge on any atom is 0.282 e. The Bertz CT molecular complexity index is 709. The zero-order chi connectivity index (χ0) is 14.1. The molecular formula is C14H9BrN2O2S. The number of hydrogen-bond acceptors (Lipinski definition) is 3. The quantitative estimate of drug-likeness (QED) is 0.669. The van der Waals surface area contributed by atoms with E-state index < -0.39 is 0 Å². The maximum atomic E-state index is 12.3. The first-order valence-electron chi connectivity index (χ1n) is 5.83. The molecule has 0 spiro atoms. The molecule has 1 aliphatic rings. The first kappa shape index (κ1) is 13.1. The molecule has 20 heavy (non-hydrogen) atoms. The van der Waals surface area contributed by atoms with Crippen molar-refractivity contribution in [1.29, 1.82) is 0 Å². The zero-order valence-corrected chi connectivity index (χ0v) is 12.6. The number of halogens is 1. The molecule has 1 aromatic carbocycles. The SMILES string of the molecule is O=C1NN(c2ccccc2)C(=O)C1=Cc1ccc(Br)s1. The summed E-state index contributed by atoms with van der Waals surface area (Å²) in [7, 11) is 0. The van der Waals surface area contributed by atoms with Gasteiger partial charge in [-0.2, -0.15) is 0 Å². The van der Waals surface area contributed by atoms with Crippen LogP contribution in [0.3, 0.4) is 0 Å². The summed E-state index contributed by atoms with van der Waals surface area (Å²) in [5.74, 6) is -0.728. The average Bonchev–Trinajstić information content (AvgIpc) is 2.98. The van der Waals surface area contributed by atoms with Crippen LogP contribution in [-0.4, -0.2) is 11.8 Å². The molecule has 3 rings (SSSR count). The average molecular weight is 349 g/mol. The van der Waals surface area contributed by atoms with Crippen LogP contribution in [0.15, 0.2) is 51.8 Å². The smallest absolute Gasteiger partial charge is 0.267 e. The van der Waals surface area contributed by atoms with Crippen LogP contribution in [0.25, 0.3) is 6.08 Å². The van der Waals surface area contributed by atoms with E-state index in [1.54, 1.807) is 18.2 Å². The topological polar surface area (TPSA) is 49.4 Å². The number of hydrogen-bond donors (Lipinski definition) is 1. The lowest BCUT2D eigenvalue weighted by atomic mass is 10.2. The molecule has 0 saturated carbocycles. The highest BCUT2D eigenvalue weighted by molar-refractivity contribution is 9.11. The molecule has 1 aliphatic heterocycles. The van der Waals surface area contributed by atoms with E-state index in [9.17, 15) is 9.59 Å². The standard InChI is InChI=1S/C14H9BrN2O2S/c15-12-7-6-10(20-12)8-11-13(18)16-17(14(11)19)9-4-2-1-3-5-9/h1-8H,(H,16,18). The number of nitrogens with zero attached hydrogens (tertiary/aromatic N) is 1. The van der Waals surface area contributed by atoms with E-state index in [4.69, 9.17) is 0 Å². The summed E-state index contributed by atoms with van der Waals surface area (Å²) in [5, 5.41) is 1.26. The fourth-order valence-corrected chi connectivity index (χ4v) is 3.23. The lowest BCUT2D eigenvalue weighted by molar-refractivity contribution is -0.117. The van der Waals surface area contributed by atoms with Gasteiger partial charge in [0.2, 0.25) is 0 Å². The molecular weight excluding hydrogens is 340 g/mol. The third kappa shape index (κ3) is 2.39. The summed E-state index contributed by atoms with van der Waals surface area (Å²) >= 11 is 4.82. The van der Waals surface area contributed by atoms with E-state index in [1.807, 2.05) is 30.3 Å². The highest BCUT2D eigenvalue weighted by atomic mass is 79.9. The second-order valence-corrected chi connectivity index (χ2v) is 6.61. The van der Waals surface area contributed by atoms with Gasteiger partial charge in [-0.15, -0.1) is 11.3 Å². The Morgan fingerprint density at radius 3 is 2.50 bits per heavy atom. The number of para-hydroxylation sites is 1. The molecule has 6 heteroatoms. The lowest BCUT2D eigenvalue weighted by Crippen LogP contribution is -2.35. The minimum atomic E-state index is -0.386. The highest BCUT2D eigenvalue weighted by Crippen LogP contribution is 2.26. The molecule has 1 aromatic heterocycles. The van der Waals surface area contributed by atoms with E-state index in [2.05, 4.69) is 21.4 Å². The molecule has 1 fully saturated rings. The molecule has 0 bridgehead atoms. The van der Waals surface area contributed by atoms with Gasteiger partial charge < -0.3 is 0 Å². The Hall–Kier alpha value is -1.92. The molecule has 100 valence electrons. The monoisotopic (exact) mass is 348 g/mol. The summed E-state index contributed by atoms with van der Waals surface area (Å²) in [5.41, 5.74) is 3.35. The summed E-state index contributed by atoms with van der Waals surface area (Å²) in [6.45, 7) is 0. The highest BCUT2D eigenvalue weighted by Gasteiger charge is 2.34. The van der Waals surface area contributed by atoms with Gasteiger partial charge in [-0.05, 0) is 46.3 Å². The molecule has 0 radical (unpaired) electrons. The summed E-state index contributed by atoms with van der Waals surface area (Å²) in [6, 6.07) is 12.7. The Morgan fingerprint density at radius 1 is 1.10 bits per heavy atom. The number of thiophene rings is 1. The zero-order valence-electron chi connectivity index (χ0n) is 10.2. The van der Waals surface area contributed by atoms with Crippen molar-refractivity contribution in [1.82, 2.24) is 5.43 Å². The van der Waals surface area contributed by atoms with Gasteiger partial charge in [0.15, 0.2) is 0 Å². The van der Waals surface area contributed by atoms with Crippen LogP contribution in [-0.2, 0) is 9.59 Å². The predicted molar refractivity (Wildman–Crippen MR) is 82.1 cm³/mol. The van der Waals surface area contributed by atoms with Crippen LogP contribution in [0.1, 0.15) is 4.88 Å². The van der Waals surface area contributed by atoms with Crippen LogP contribution in [0.4, 0.5) is 5.69 Å². The van der Waals surface area contributed by atoms with Gasteiger partial charge in [-0.1, -0.05) is 18.2 Å². The molecule has 2 amide bonds. The van der Waals surface area contributed by atoms with Gasteiger partial charge in [-0.3, -0.25) is 15.0 Å². The van der Waals surface area contributed by atoms with Crippen LogP contribution in [0, 0.1) is 0 Å². The molecule has 2 heterocycles. The van der Waals surface area contributed by atoms with Crippen molar-refractivity contribution in [2.24, 2.45) is 0 Å². The molecule has 0 atom stereocenters. The van der Waals surface area contributed by atoms with Gasteiger partial charge >= 0.3 is 0 Å². The third-order valence-electron chi connectivity index (χ3n) is 2.79. The number of rotatable bonds is 2. The van der Waals surface area contributed by atoms with Crippen molar-refractivity contribution in [2.45, 2.75) is 0 Å². The molecule has 1 N–H and O–H groups in total. The normalized spacial score (nSPS) is 16.9. The first-order valence-corrected chi connectivity index (χ1v) is 7.43. The van der Waals surface area contributed by atoms with Crippen molar-refractivity contribution in [3.8, 4) is 0 Å². The number of nitrogens with one attached hydrogen (secondary N) is 1. The fraction of sp³-hybridized carbons (Fsp3) is 0. The number of carbonyl (C=O) groups excluding carboxylic acids is 2. The van der Waals surface area contributed by atoms with Crippen LogP contribution < -0.4 is 10.4 Å². The van der Waals surface area contributed by atoms with E-state index in [0.29, 0.717) is 5.69 Å². The first-order chi connectivity index (χ1) is 9.65. The van der Waals surface area contributed by atoms with Gasteiger partial charge in [0.1, 0.15) is 5.57 Å². The Morgan fingerprint density at radius 2 is 1.85 bits per heavy atom. The van der Waals surface area contributed by atoms with Gasteiger partial charge in [-0.25, -0.2) is 5.01 Å². The maximum absolute atomic E-state index is 12.3. The Labute approximate surface area is 127 Å². The fourth-order valence-electron chi connectivity index (χ4n) is 1.86. The number of amides is 2. The van der Waals surface area contributed by atoms with Crippen molar-refractivity contribution < 1.29 is 9.59 Å². The molecule has 4 nitrogen and oxygen atoms in total. The summed E-state index contributed by atoms with van der Waals surface area (Å²) < 4.78 is 0.954. The minimum absolute atomic E-state index is 0.142. The van der Waals surface area contributed by atoms with E-state index in [-0.39, 0.29) is 17.4 Å².